The third-order valence-electron chi connectivity index (χ3n) is 5.69. The van der Waals surface area contributed by atoms with Gasteiger partial charge in [0.2, 0.25) is 0 Å². The van der Waals surface area contributed by atoms with Crippen LogP contribution in [0.5, 0.6) is 0 Å². The molecule has 1 fully saturated rings. The molecule has 0 heterocycles. The van der Waals surface area contributed by atoms with Gasteiger partial charge in [0.05, 0.1) is 10.0 Å². The third-order valence-corrected chi connectivity index (χ3v) is 6.43. The number of halogens is 2. The van der Waals surface area contributed by atoms with Crippen molar-refractivity contribution in [1.82, 2.24) is 0 Å². The fourth-order valence-corrected chi connectivity index (χ4v) is 4.39. The Hall–Kier alpha value is -1.02. The molecular weight excluding hydrogens is 363 g/mol. The first-order valence-electron chi connectivity index (χ1n) is 9.71. The maximum atomic E-state index is 6.15. The highest BCUT2D eigenvalue weighted by atomic mass is 35.5. The predicted octanol–water partition coefficient (Wildman–Crippen LogP) is 7.75. The molecular formula is C23H28Cl2O. The first-order valence-corrected chi connectivity index (χ1v) is 10.5. The summed E-state index contributed by atoms with van der Waals surface area (Å²) in [5.41, 5.74) is 3.79. The van der Waals surface area contributed by atoms with Crippen molar-refractivity contribution in [1.29, 1.82) is 0 Å². The zero-order valence-electron chi connectivity index (χ0n) is 15.5. The van der Waals surface area contributed by atoms with Gasteiger partial charge >= 0.3 is 0 Å². The fourth-order valence-electron chi connectivity index (χ4n) is 4.09. The average molecular weight is 391 g/mol. The van der Waals surface area contributed by atoms with E-state index in [9.17, 15) is 0 Å². The predicted molar refractivity (Wildman–Crippen MR) is 112 cm³/mol. The first kappa shape index (κ1) is 19.7. The van der Waals surface area contributed by atoms with Crippen LogP contribution in [-0.4, -0.2) is 13.7 Å². The Bertz CT molecular complexity index is 688. The van der Waals surface area contributed by atoms with Crippen LogP contribution in [-0.2, 0) is 4.74 Å². The molecule has 0 aromatic heterocycles. The molecule has 26 heavy (non-hydrogen) atoms. The van der Waals surface area contributed by atoms with Gasteiger partial charge in [-0.25, -0.2) is 0 Å². The third kappa shape index (κ3) is 5.25. The lowest BCUT2D eigenvalue weighted by Gasteiger charge is -2.29. The molecule has 140 valence electrons. The van der Waals surface area contributed by atoms with Crippen LogP contribution in [0.4, 0.5) is 0 Å². The Labute approximate surface area is 167 Å². The van der Waals surface area contributed by atoms with E-state index in [1.54, 1.807) is 7.11 Å². The van der Waals surface area contributed by atoms with E-state index < -0.39 is 0 Å². The van der Waals surface area contributed by atoms with E-state index in [2.05, 4.69) is 24.3 Å². The van der Waals surface area contributed by atoms with Gasteiger partial charge in [0.25, 0.3) is 0 Å². The Morgan fingerprint density at radius 2 is 1.54 bits per heavy atom. The highest BCUT2D eigenvalue weighted by Crippen LogP contribution is 2.38. The van der Waals surface area contributed by atoms with Gasteiger partial charge in [0, 0.05) is 13.7 Å². The number of unbranched alkanes of at least 4 members (excludes halogenated alkanes) is 1. The van der Waals surface area contributed by atoms with Crippen LogP contribution in [0.15, 0.2) is 42.5 Å². The van der Waals surface area contributed by atoms with Gasteiger partial charge in [-0.2, -0.15) is 0 Å². The molecule has 0 saturated heterocycles. The number of ether oxygens (including phenoxy) is 1. The van der Waals surface area contributed by atoms with E-state index in [-0.39, 0.29) is 0 Å². The maximum Gasteiger partial charge on any atom is 0.0598 e. The second kappa shape index (κ2) is 9.78. The fraction of sp³-hybridized carbons (Fsp3) is 0.478. The van der Waals surface area contributed by atoms with Crippen LogP contribution >= 0.6 is 23.2 Å². The van der Waals surface area contributed by atoms with Gasteiger partial charge in [-0.1, -0.05) is 66.4 Å². The van der Waals surface area contributed by atoms with Crippen molar-refractivity contribution in [3.8, 4) is 11.1 Å². The van der Waals surface area contributed by atoms with E-state index in [0.29, 0.717) is 16.0 Å². The second-order valence-electron chi connectivity index (χ2n) is 7.46. The van der Waals surface area contributed by atoms with Gasteiger partial charge in [0.15, 0.2) is 0 Å². The van der Waals surface area contributed by atoms with Crippen molar-refractivity contribution in [3.63, 3.8) is 0 Å². The molecule has 1 aliphatic carbocycles. The second-order valence-corrected chi connectivity index (χ2v) is 8.27. The molecule has 0 spiro atoms. The number of benzene rings is 2. The molecule has 2 aromatic rings. The normalized spacial score (nSPS) is 20.3. The smallest absolute Gasteiger partial charge is 0.0598 e. The van der Waals surface area contributed by atoms with Gasteiger partial charge in [-0.05, 0) is 72.8 Å². The Kier molecular flexibility index (Phi) is 7.42. The summed E-state index contributed by atoms with van der Waals surface area (Å²) in [6.07, 6.45) is 9.25. The van der Waals surface area contributed by atoms with Gasteiger partial charge < -0.3 is 4.74 Å². The summed E-state index contributed by atoms with van der Waals surface area (Å²) < 4.78 is 5.15. The van der Waals surface area contributed by atoms with Crippen LogP contribution in [0.1, 0.15) is 56.4 Å². The Morgan fingerprint density at radius 3 is 2.19 bits per heavy atom. The quantitative estimate of drug-likeness (QED) is 0.438. The molecule has 3 heteroatoms. The zero-order valence-corrected chi connectivity index (χ0v) is 17.0. The molecule has 0 radical (unpaired) electrons. The van der Waals surface area contributed by atoms with Gasteiger partial charge in [-0.3, -0.25) is 0 Å². The van der Waals surface area contributed by atoms with E-state index in [1.165, 1.54) is 56.1 Å². The van der Waals surface area contributed by atoms with E-state index in [4.69, 9.17) is 27.9 Å². The summed E-state index contributed by atoms with van der Waals surface area (Å²) in [6, 6.07) is 14.8. The van der Waals surface area contributed by atoms with E-state index >= 15 is 0 Å². The van der Waals surface area contributed by atoms with Crippen molar-refractivity contribution in [2.24, 2.45) is 5.92 Å². The summed E-state index contributed by atoms with van der Waals surface area (Å²) >= 11 is 12.2. The van der Waals surface area contributed by atoms with E-state index in [0.717, 1.165) is 18.1 Å². The summed E-state index contributed by atoms with van der Waals surface area (Å²) in [7, 11) is 1.79. The van der Waals surface area contributed by atoms with Crippen LogP contribution in [0, 0.1) is 5.92 Å². The average Bonchev–Trinajstić information content (AvgIpc) is 2.68. The molecule has 2 aromatic carbocycles. The lowest BCUT2D eigenvalue weighted by atomic mass is 9.77. The van der Waals surface area contributed by atoms with Crippen molar-refractivity contribution in [3.05, 3.63) is 58.1 Å². The van der Waals surface area contributed by atoms with Crippen molar-refractivity contribution < 1.29 is 4.74 Å². The lowest BCUT2D eigenvalue weighted by Crippen LogP contribution is -2.13. The number of methoxy groups -OCH3 is 1. The molecule has 1 aliphatic rings. The minimum Gasteiger partial charge on any atom is -0.385 e. The Balaban J connectivity index is 1.54. The number of rotatable bonds is 7. The topological polar surface area (TPSA) is 9.23 Å². The highest BCUT2D eigenvalue weighted by molar-refractivity contribution is 6.42. The van der Waals surface area contributed by atoms with Gasteiger partial charge in [-0.15, -0.1) is 0 Å². The zero-order chi connectivity index (χ0) is 18.4. The summed E-state index contributed by atoms with van der Waals surface area (Å²) in [6.45, 7) is 0.903. The minimum absolute atomic E-state index is 0.603. The van der Waals surface area contributed by atoms with Crippen LogP contribution in [0.25, 0.3) is 11.1 Å². The largest absolute Gasteiger partial charge is 0.385 e. The minimum atomic E-state index is 0.603. The molecule has 0 bridgehead atoms. The van der Waals surface area contributed by atoms with Gasteiger partial charge in [0.1, 0.15) is 0 Å². The van der Waals surface area contributed by atoms with Crippen molar-refractivity contribution in [2.75, 3.05) is 13.7 Å². The van der Waals surface area contributed by atoms with Crippen molar-refractivity contribution in [2.45, 2.75) is 50.9 Å². The van der Waals surface area contributed by atoms with Crippen molar-refractivity contribution >= 4 is 23.2 Å². The number of hydrogen-bond acceptors (Lipinski definition) is 1. The number of hydrogen-bond donors (Lipinski definition) is 0. The van der Waals surface area contributed by atoms with Crippen LogP contribution < -0.4 is 0 Å². The lowest BCUT2D eigenvalue weighted by molar-refractivity contribution is 0.187. The highest BCUT2D eigenvalue weighted by Gasteiger charge is 2.22. The molecule has 0 amide bonds. The summed E-state index contributed by atoms with van der Waals surface area (Å²) in [4.78, 5) is 0. The molecule has 1 saturated carbocycles. The first-order chi connectivity index (χ1) is 12.7. The summed E-state index contributed by atoms with van der Waals surface area (Å²) in [5, 5.41) is 1.21. The molecule has 0 aliphatic heterocycles. The monoisotopic (exact) mass is 390 g/mol. The molecule has 3 rings (SSSR count). The Morgan fingerprint density at radius 1 is 0.846 bits per heavy atom. The summed E-state index contributed by atoms with van der Waals surface area (Å²) in [5.74, 6) is 1.63. The van der Waals surface area contributed by atoms with Crippen LogP contribution in [0.3, 0.4) is 0 Å². The standard InChI is InChI=1S/C23H28Cl2O/c1-26-15-3-2-4-17-5-7-18(8-6-17)19-9-11-20(12-10-19)21-13-14-22(24)23(25)16-21/h9-14,16-18H,2-8,15H2,1H3/t17-,18-. The molecule has 0 N–H and O–H groups in total. The SMILES string of the molecule is COCCCC[C@H]1CC[C@H](c2ccc(-c3ccc(Cl)c(Cl)c3)cc2)CC1. The molecule has 0 unspecified atom stereocenters. The molecule has 1 nitrogen and oxygen atoms in total. The molecule has 0 atom stereocenters. The van der Waals surface area contributed by atoms with E-state index in [1.807, 2.05) is 18.2 Å². The maximum absolute atomic E-state index is 6.15. The van der Waals surface area contributed by atoms with Crippen LogP contribution in [0.2, 0.25) is 10.0 Å².